The largest absolute Gasteiger partial charge is 0.457 e. The van der Waals surface area contributed by atoms with Crippen molar-refractivity contribution in [1.82, 2.24) is 4.72 Å². The first-order valence-electron chi connectivity index (χ1n) is 10.7. The Morgan fingerprint density at radius 1 is 0.778 bits per heavy atom. The highest BCUT2D eigenvalue weighted by atomic mass is 35.5. The van der Waals surface area contributed by atoms with E-state index in [4.69, 9.17) is 32.4 Å². The number of carbonyl (C=O) groups excluding carboxylic acids is 1. The molecule has 36 heavy (non-hydrogen) atoms. The van der Waals surface area contributed by atoms with Crippen LogP contribution in [-0.4, -0.2) is 14.3 Å². The summed E-state index contributed by atoms with van der Waals surface area (Å²) in [6, 6.07) is 28.0. The lowest BCUT2D eigenvalue weighted by molar-refractivity contribution is 0.0956. The Bertz CT molecular complexity index is 1680. The first kappa shape index (κ1) is 23.9. The van der Waals surface area contributed by atoms with Crippen LogP contribution in [0.5, 0.6) is 11.5 Å². The summed E-state index contributed by atoms with van der Waals surface area (Å²) in [5.74, 6) is 0.0592. The number of halogens is 2. The summed E-state index contributed by atoms with van der Waals surface area (Å²) >= 11 is 11.8. The fraction of sp³-hybridized carbons (Fsp3) is 0. The van der Waals surface area contributed by atoms with E-state index in [-0.39, 0.29) is 20.7 Å². The molecule has 9 heteroatoms. The molecule has 0 spiro atoms. The molecular weight excluding hydrogens is 521 g/mol. The average molecular weight is 538 g/mol. The second-order valence-corrected chi connectivity index (χ2v) is 10.3. The zero-order valence-corrected chi connectivity index (χ0v) is 20.8. The predicted molar refractivity (Wildman–Crippen MR) is 139 cm³/mol. The van der Waals surface area contributed by atoms with Crippen molar-refractivity contribution >= 4 is 50.1 Å². The minimum Gasteiger partial charge on any atom is -0.457 e. The molecule has 0 aliphatic heterocycles. The summed E-state index contributed by atoms with van der Waals surface area (Å²) < 4.78 is 38.7. The fourth-order valence-corrected chi connectivity index (χ4v) is 5.33. The lowest BCUT2D eigenvalue weighted by atomic mass is 10.1. The van der Waals surface area contributed by atoms with Gasteiger partial charge in [-0.05, 0) is 65.7 Å². The number of sulfonamides is 1. The maximum Gasteiger partial charge on any atom is 0.300 e. The molecule has 1 amide bonds. The van der Waals surface area contributed by atoms with E-state index in [1.54, 1.807) is 18.2 Å². The lowest BCUT2D eigenvalue weighted by Crippen LogP contribution is -2.30. The van der Waals surface area contributed by atoms with Crippen LogP contribution < -0.4 is 9.46 Å². The van der Waals surface area contributed by atoms with Crippen molar-refractivity contribution < 1.29 is 22.4 Å². The molecule has 0 aliphatic carbocycles. The van der Waals surface area contributed by atoms with E-state index in [0.29, 0.717) is 22.5 Å². The van der Waals surface area contributed by atoms with E-state index in [1.807, 2.05) is 59.3 Å². The van der Waals surface area contributed by atoms with Crippen LogP contribution in [0, 0.1) is 0 Å². The van der Waals surface area contributed by atoms with Crippen molar-refractivity contribution in [2.45, 2.75) is 4.90 Å². The number of fused-ring (bicyclic) bond motifs is 1. The normalized spacial score (nSPS) is 11.4. The van der Waals surface area contributed by atoms with E-state index >= 15 is 0 Å². The highest BCUT2D eigenvalue weighted by Crippen LogP contribution is 2.30. The van der Waals surface area contributed by atoms with E-state index in [0.717, 1.165) is 11.1 Å². The fourth-order valence-electron chi connectivity index (χ4n) is 3.60. The summed E-state index contributed by atoms with van der Waals surface area (Å²) in [6.45, 7) is 0. The maximum absolute atomic E-state index is 12.6. The van der Waals surface area contributed by atoms with Gasteiger partial charge in [0.1, 0.15) is 22.0 Å². The lowest BCUT2D eigenvalue weighted by Gasteiger charge is -2.07. The van der Waals surface area contributed by atoms with Gasteiger partial charge in [-0.15, -0.1) is 0 Å². The molecule has 6 nitrogen and oxygen atoms in total. The van der Waals surface area contributed by atoms with Crippen LogP contribution >= 0.6 is 23.2 Å². The molecule has 0 bridgehead atoms. The third-order valence-electron chi connectivity index (χ3n) is 5.32. The first-order chi connectivity index (χ1) is 17.3. The second kappa shape index (κ2) is 9.70. The Morgan fingerprint density at radius 2 is 1.47 bits per heavy atom. The van der Waals surface area contributed by atoms with Crippen LogP contribution in [0.1, 0.15) is 10.6 Å². The van der Waals surface area contributed by atoms with Crippen molar-refractivity contribution in [1.29, 1.82) is 0 Å². The smallest absolute Gasteiger partial charge is 0.300 e. The van der Waals surface area contributed by atoms with Crippen LogP contribution in [0.4, 0.5) is 0 Å². The maximum atomic E-state index is 12.6. The van der Waals surface area contributed by atoms with Crippen LogP contribution in [0.25, 0.3) is 22.1 Å². The van der Waals surface area contributed by atoms with Crippen molar-refractivity contribution in [3.05, 3.63) is 113 Å². The molecule has 1 heterocycles. The van der Waals surface area contributed by atoms with Gasteiger partial charge in [-0.2, -0.15) is 0 Å². The van der Waals surface area contributed by atoms with Gasteiger partial charge in [-0.25, -0.2) is 13.1 Å². The molecule has 4 aromatic carbocycles. The van der Waals surface area contributed by atoms with E-state index in [1.165, 1.54) is 24.3 Å². The molecule has 5 rings (SSSR count). The van der Waals surface area contributed by atoms with Crippen LogP contribution in [0.2, 0.25) is 10.0 Å². The third-order valence-corrected chi connectivity index (χ3v) is 7.37. The third kappa shape index (κ3) is 5.09. The molecular formula is C27H17Cl2NO5S. The Morgan fingerprint density at radius 3 is 2.19 bits per heavy atom. The monoisotopic (exact) mass is 537 g/mol. The molecule has 5 aromatic rings. The summed E-state index contributed by atoms with van der Waals surface area (Å²) in [7, 11) is -4.24. The minimum atomic E-state index is -4.24. The Labute approximate surface area is 217 Å². The van der Waals surface area contributed by atoms with Crippen molar-refractivity contribution in [2.75, 3.05) is 0 Å². The van der Waals surface area contributed by atoms with E-state index in [2.05, 4.69) is 0 Å². The summed E-state index contributed by atoms with van der Waals surface area (Å²) in [5, 5.41) is 0.735. The summed E-state index contributed by atoms with van der Waals surface area (Å²) in [5.41, 5.74) is 2.57. The Hall–Kier alpha value is -3.78. The Kier molecular flexibility index (Phi) is 6.45. The molecule has 180 valence electrons. The molecule has 0 saturated carbocycles. The highest BCUT2D eigenvalue weighted by Gasteiger charge is 2.24. The van der Waals surface area contributed by atoms with Gasteiger partial charge in [0.25, 0.3) is 10.0 Å². The molecule has 0 fully saturated rings. The van der Waals surface area contributed by atoms with Gasteiger partial charge < -0.3 is 9.15 Å². The predicted octanol–water partition coefficient (Wildman–Crippen LogP) is 7.32. The number of hydrogen-bond donors (Lipinski definition) is 1. The molecule has 0 aliphatic rings. The average Bonchev–Trinajstić information content (AvgIpc) is 3.28. The standard InChI is InChI=1S/C27H17Cl2NO5S/c28-20-8-13-26(23(29)16-20)36(32,33)30-27(31)25-15-19-14-22(11-12-24(19)35-25)34-21-9-6-18(7-10-21)17-4-2-1-3-5-17/h1-16H,(H,30,31). The molecule has 1 N–H and O–H groups in total. The van der Waals surface area contributed by atoms with Crippen LogP contribution in [-0.2, 0) is 10.0 Å². The van der Waals surface area contributed by atoms with Gasteiger partial charge >= 0.3 is 5.91 Å². The number of benzene rings is 4. The van der Waals surface area contributed by atoms with Crippen molar-refractivity contribution in [2.24, 2.45) is 0 Å². The number of furan rings is 1. The molecule has 0 atom stereocenters. The van der Waals surface area contributed by atoms with E-state index in [9.17, 15) is 13.2 Å². The summed E-state index contributed by atoms with van der Waals surface area (Å²) in [6.07, 6.45) is 0. The topological polar surface area (TPSA) is 85.6 Å². The van der Waals surface area contributed by atoms with Gasteiger partial charge in [-0.3, -0.25) is 4.79 Å². The SMILES string of the molecule is O=C(NS(=O)(=O)c1ccc(Cl)cc1Cl)c1cc2cc(Oc3ccc(-c4ccccc4)cc3)ccc2o1. The summed E-state index contributed by atoms with van der Waals surface area (Å²) in [4.78, 5) is 12.4. The zero-order valence-electron chi connectivity index (χ0n) is 18.4. The van der Waals surface area contributed by atoms with E-state index < -0.39 is 15.9 Å². The molecule has 0 saturated heterocycles. The highest BCUT2D eigenvalue weighted by molar-refractivity contribution is 7.90. The number of rotatable bonds is 6. The number of amides is 1. The number of hydrogen-bond acceptors (Lipinski definition) is 5. The minimum absolute atomic E-state index is 0.106. The van der Waals surface area contributed by atoms with Gasteiger partial charge in [0, 0.05) is 10.4 Å². The second-order valence-electron chi connectivity index (χ2n) is 7.81. The molecule has 0 radical (unpaired) electrons. The number of nitrogens with one attached hydrogen (secondary N) is 1. The zero-order chi connectivity index (χ0) is 25.3. The van der Waals surface area contributed by atoms with Crippen LogP contribution in [0.3, 0.4) is 0 Å². The van der Waals surface area contributed by atoms with Gasteiger partial charge in [0.05, 0.1) is 5.02 Å². The number of ether oxygens (including phenoxy) is 1. The van der Waals surface area contributed by atoms with Gasteiger partial charge in [-0.1, -0.05) is 65.7 Å². The first-order valence-corrected chi connectivity index (χ1v) is 12.9. The quantitative estimate of drug-likeness (QED) is 0.245. The van der Waals surface area contributed by atoms with Crippen LogP contribution in [0.15, 0.2) is 106 Å². The van der Waals surface area contributed by atoms with Gasteiger partial charge in [0.2, 0.25) is 0 Å². The van der Waals surface area contributed by atoms with Gasteiger partial charge in [0.15, 0.2) is 5.76 Å². The Balaban J connectivity index is 1.32. The molecule has 1 aromatic heterocycles. The van der Waals surface area contributed by atoms with Crippen molar-refractivity contribution in [3.8, 4) is 22.6 Å². The molecule has 0 unspecified atom stereocenters. The number of carbonyl (C=O) groups is 1. The van der Waals surface area contributed by atoms with Crippen molar-refractivity contribution in [3.63, 3.8) is 0 Å².